The smallest absolute Gasteiger partial charge is 0.269 e. The fourth-order valence-electron chi connectivity index (χ4n) is 4.22. The molecule has 1 aliphatic heterocycles. The third-order valence-corrected chi connectivity index (χ3v) is 8.36. The highest BCUT2D eigenvalue weighted by Crippen LogP contribution is 2.30. The molecule has 0 fully saturated rings. The van der Waals surface area contributed by atoms with Gasteiger partial charge in [-0.2, -0.15) is 0 Å². The maximum absolute atomic E-state index is 13.4. The van der Waals surface area contributed by atoms with Crippen molar-refractivity contribution in [2.45, 2.75) is 76.9 Å². The first-order valence-corrected chi connectivity index (χ1v) is 13.9. The van der Waals surface area contributed by atoms with E-state index in [4.69, 9.17) is 0 Å². The summed E-state index contributed by atoms with van der Waals surface area (Å²) in [6.07, 6.45) is 1.38. The largest absolute Gasteiger partial charge is 0.352 e. The lowest BCUT2D eigenvalue weighted by molar-refractivity contribution is -0.141. The van der Waals surface area contributed by atoms with Crippen molar-refractivity contribution in [3.05, 3.63) is 65.2 Å². The Hall–Kier alpha value is -3.20. The van der Waals surface area contributed by atoms with E-state index in [2.05, 4.69) is 5.32 Å². The van der Waals surface area contributed by atoms with Gasteiger partial charge in [-0.15, -0.1) is 0 Å². The summed E-state index contributed by atoms with van der Waals surface area (Å²) in [6.45, 7) is 7.90. The lowest BCUT2D eigenvalue weighted by Crippen LogP contribution is -2.50. The number of fused-ring (bicyclic) bond motifs is 1. The molecule has 194 valence electrons. The van der Waals surface area contributed by atoms with E-state index in [0.29, 0.717) is 6.42 Å². The average molecular weight is 514 g/mol. The van der Waals surface area contributed by atoms with Crippen LogP contribution in [0.25, 0.3) is 0 Å². The van der Waals surface area contributed by atoms with Gasteiger partial charge in [-0.1, -0.05) is 55.8 Å². The van der Waals surface area contributed by atoms with Crippen LogP contribution in [-0.2, 0) is 26.2 Å². The first-order valence-electron chi connectivity index (χ1n) is 12.4. The summed E-state index contributed by atoms with van der Waals surface area (Å²) in [4.78, 5) is 40.7. The number of aryl methyl sites for hydroxylation is 1. The van der Waals surface area contributed by atoms with Gasteiger partial charge in [0.25, 0.3) is 15.9 Å². The van der Waals surface area contributed by atoms with E-state index in [1.165, 1.54) is 12.1 Å². The van der Waals surface area contributed by atoms with Crippen LogP contribution in [0.15, 0.2) is 53.4 Å². The Labute approximate surface area is 213 Å². The number of benzene rings is 2. The van der Waals surface area contributed by atoms with Crippen LogP contribution in [-0.4, -0.2) is 54.0 Å². The summed E-state index contributed by atoms with van der Waals surface area (Å²) in [6, 6.07) is 13.2. The fourth-order valence-corrected chi connectivity index (χ4v) is 5.83. The van der Waals surface area contributed by atoms with Crippen LogP contribution in [0.2, 0.25) is 0 Å². The monoisotopic (exact) mass is 513 g/mol. The molecule has 8 nitrogen and oxygen atoms in total. The standard InChI is InChI=1S/C27H35N3O5S/c1-5-20(4)28-26(32)23(6-2)29(18-21-15-13-19(3)14-16-21)25(31)12-9-17-30-27(33)22-10-7-8-11-24(22)36(30,34)35/h7-8,10-11,13-16,20,23H,5-6,9,12,17-18H2,1-4H3,(H,28,32). The molecule has 0 aromatic heterocycles. The number of carbonyl (C=O) groups excluding carboxylic acids is 3. The molecule has 0 bridgehead atoms. The SMILES string of the molecule is CCC(C)NC(=O)C(CC)N(Cc1ccc(C)cc1)C(=O)CCCN1C(=O)c2ccccc2S1(=O)=O. The number of amides is 3. The van der Waals surface area contributed by atoms with Crippen molar-refractivity contribution in [2.24, 2.45) is 0 Å². The van der Waals surface area contributed by atoms with Crippen molar-refractivity contribution < 1.29 is 22.8 Å². The van der Waals surface area contributed by atoms with Crippen LogP contribution >= 0.6 is 0 Å². The second kappa shape index (κ2) is 11.7. The quantitative estimate of drug-likeness (QED) is 0.494. The Balaban J connectivity index is 1.74. The normalized spacial score (nSPS) is 15.8. The molecule has 3 rings (SSSR count). The van der Waals surface area contributed by atoms with Gasteiger partial charge in [-0.25, -0.2) is 12.7 Å². The predicted molar refractivity (Wildman–Crippen MR) is 138 cm³/mol. The zero-order valence-corrected chi connectivity index (χ0v) is 22.2. The molecule has 3 amide bonds. The van der Waals surface area contributed by atoms with Gasteiger partial charge in [0.15, 0.2) is 0 Å². The molecule has 2 aromatic rings. The molecule has 2 aromatic carbocycles. The number of nitrogens with zero attached hydrogens (tertiary/aromatic N) is 2. The van der Waals surface area contributed by atoms with Crippen LogP contribution < -0.4 is 5.32 Å². The zero-order chi connectivity index (χ0) is 26.5. The number of sulfonamides is 1. The van der Waals surface area contributed by atoms with Gasteiger partial charge in [-0.05, 0) is 50.8 Å². The Bertz CT molecular complexity index is 1210. The Morgan fingerprint density at radius 1 is 1.03 bits per heavy atom. The maximum Gasteiger partial charge on any atom is 0.269 e. The van der Waals surface area contributed by atoms with E-state index in [1.807, 2.05) is 52.0 Å². The molecule has 0 spiro atoms. The Morgan fingerprint density at radius 3 is 2.31 bits per heavy atom. The van der Waals surface area contributed by atoms with Gasteiger partial charge >= 0.3 is 0 Å². The van der Waals surface area contributed by atoms with Crippen LogP contribution in [0.4, 0.5) is 0 Å². The Morgan fingerprint density at radius 2 is 1.69 bits per heavy atom. The lowest BCUT2D eigenvalue weighted by Gasteiger charge is -2.31. The van der Waals surface area contributed by atoms with Crippen molar-refractivity contribution in [1.82, 2.24) is 14.5 Å². The molecule has 1 aliphatic rings. The number of rotatable bonds is 11. The topological polar surface area (TPSA) is 104 Å². The maximum atomic E-state index is 13.4. The molecule has 0 saturated carbocycles. The molecule has 2 unspecified atom stereocenters. The summed E-state index contributed by atoms with van der Waals surface area (Å²) < 4.78 is 26.4. The summed E-state index contributed by atoms with van der Waals surface area (Å²) in [5.41, 5.74) is 2.14. The molecule has 0 radical (unpaired) electrons. The predicted octanol–water partition coefficient (Wildman–Crippen LogP) is 3.64. The van der Waals surface area contributed by atoms with E-state index in [1.54, 1.807) is 17.0 Å². The van der Waals surface area contributed by atoms with Crippen LogP contribution in [0, 0.1) is 6.92 Å². The highest BCUT2D eigenvalue weighted by atomic mass is 32.2. The molecular formula is C27H35N3O5S. The van der Waals surface area contributed by atoms with Crippen LogP contribution in [0.1, 0.15) is 67.9 Å². The van der Waals surface area contributed by atoms with E-state index >= 15 is 0 Å². The summed E-state index contributed by atoms with van der Waals surface area (Å²) in [7, 11) is -3.92. The van der Waals surface area contributed by atoms with E-state index in [-0.39, 0.29) is 54.2 Å². The Kier molecular flexibility index (Phi) is 8.89. The van der Waals surface area contributed by atoms with Gasteiger partial charge in [0.1, 0.15) is 10.9 Å². The second-order valence-electron chi connectivity index (χ2n) is 9.23. The number of hydrogen-bond donors (Lipinski definition) is 1. The second-order valence-corrected chi connectivity index (χ2v) is 11.1. The van der Waals surface area contributed by atoms with Crippen LogP contribution in [0.3, 0.4) is 0 Å². The molecule has 36 heavy (non-hydrogen) atoms. The van der Waals surface area contributed by atoms with Crippen molar-refractivity contribution >= 4 is 27.7 Å². The van der Waals surface area contributed by atoms with Gasteiger partial charge in [0.05, 0.1) is 5.56 Å². The van der Waals surface area contributed by atoms with Crippen molar-refractivity contribution in [1.29, 1.82) is 0 Å². The minimum Gasteiger partial charge on any atom is -0.352 e. The first-order chi connectivity index (χ1) is 17.1. The van der Waals surface area contributed by atoms with E-state index in [9.17, 15) is 22.8 Å². The van der Waals surface area contributed by atoms with Crippen molar-refractivity contribution in [3.8, 4) is 0 Å². The van der Waals surface area contributed by atoms with Crippen LogP contribution in [0.5, 0.6) is 0 Å². The molecule has 0 aliphatic carbocycles. The third kappa shape index (κ3) is 5.95. The van der Waals surface area contributed by atoms with Gasteiger partial charge in [0.2, 0.25) is 11.8 Å². The molecule has 0 saturated heterocycles. The lowest BCUT2D eigenvalue weighted by atomic mass is 10.1. The zero-order valence-electron chi connectivity index (χ0n) is 21.4. The number of carbonyl (C=O) groups is 3. The molecule has 1 N–H and O–H groups in total. The average Bonchev–Trinajstić information content (AvgIpc) is 3.05. The van der Waals surface area contributed by atoms with E-state index in [0.717, 1.165) is 21.9 Å². The van der Waals surface area contributed by atoms with Gasteiger partial charge in [-0.3, -0.25) is 14.4 Å². The molecular weight excluding hydrogens is 478 g/mol. The van der Waals surface area contributed by atoms with Crippen molar-refractivity contribution in [2.75, 3.05) is 6.54 Å². The number of hydrogen-bond acceptors (Lipinski definition) is 5. The summed E-state index contributed by atoms with van der Waals surface area (Å²) >= 11 is 0. The van der Waals surface area contributed by atoms with Gasteiger partial charge < -0.3 is 10.2 Å². The minimum atomic E-state index is -3.92. The summed E-state index contributed by atoms with van der Waals surface area (Å²) in [5.74, 6) is -1.04. The molecule has 2 atom stereocenters. The molecule has 9 heteroatoms. The minimum absolute atomic E-state index is 0.00455. The van der Waals surface area contributed by atoms with E-state index < -0.39 is 22.0 Å². The van der Waals surface area contributed by atoms with Gasteiger partial charge in [0, 0.05) is 25.6 Å². The number of nitrogens with one attached hydrogen (secondary N) is 1. The highest BCUT2D eigenvalue weighted by Gasteiger charge is 2.40. The van der Waals surface area contributed by atoms with Crippen molar-refractivity contribution in [3.63, 3.8) is 0 Å². The first kappa shape index (κ1) is 27.4. The fraction of sp³-hybridized carbons (Fsp3) is 0.444. The summed E-state index contributed by atoms with van der Waals surface area (Å²) in [5, 5.41) is 2.97. The highest BCUT2D eigenvalue weighted by molar-refractivity contribution is 7.90. The molecule has 1 heterocycles. The third-order valence-electron chi connectivity index (χ3n) is 6.52.